The van der Waals surface area contributed by atoms with Crippen molar-refractivity contribution in [2.75, 3.05) is 13.2 Å². The van der Waals surface area contributed by atoms with Crippen molar-refractivity contribution in [1.82, 2.24) is 15.6 Å². The summed E-state index contributed by atoms with van der Waals surface area (Å²) in [5.74, 6) is -1.48. The van der Waals surface area contributed by atoms with Crippen LogP contribution in [0.4, 0.5) is 0 Å². The molecule has 1 atom stereocenters. The van der Waals surface area contributed by atoms with E-state index in [9.17, 15) is 14.4 Å². The summed E-state index contributed by atoms with van der Waals surface area (Å²) in [4.78, 5) is 41.4. The van der Waals surface area contributed by atoms with E-state index in [-0.39, 0.29) is 11.5 Å². The van der Waals surface area contributed by atoms with Gasteiger partial charge in [0.2, 0.25) is 5.91 Å². The van der Waals surface area contributed by atoms with Gasteiger partial charge in [0.05, 0.1) is 5.56 Å². The van der Waals surface area contributed by atoms with Crippen LogP contribution in [0.5, 0.6) is 0 Å². The molecule has 0 radical (unpaired) electrons. The van der Waals surface area contributed by atoms with Crippen molar-refractivity contribution in [2.45, 2.75) is 43.2 Å². The number of hydrogen-bond donors (Lipinski definition) is 2. The maximum atomic E-state index is 12.4. The number of carbonyl (C=O) groups is 3. The van der Waals surface area contributed by atoms with Gasteiger partial charge in [0, 0.05) is 17.6 Å². The Bertz CT molecular complexity index is 855. The number of aryl methyl sites for hydroxylation is 1. The molecule has 0 aliphatic heterocycles. The Kier molecular flexibility index (Phi) is 8.67. The lowest BCUT2D eigenvalue weighted by atomic mass is 10.2. The molecule has 2 rings (SSSR count). The van der Waals surface area contributed by atoms with Crippen LogP contribution in [0, 0.1) is 6.92 Å². The summed E-state index contributed by atoms with van der Waals surface area (Å²) in [5, 5.41) is 5.69. The number of benzene rings is 1. The minimum Gasteiger partial charge on any atom is -0.452 e. The molecule has 1 aromatic heterocycles. The van der Waals surface area contributed by atoms with E-state index in [1.54, 1.807) is 25.3 Å². The lowest BCUT2D eigenvalue weighted by Crippen LogP contribution is -2.46. The maximum absolute atomic E-state index is 12.4. The Morgan fingerprint density at radius 3 is 2.59 bits per heavy atom. The molecule has 0 aliphatic rings. The van der Waals surface area contributed by atoms with Crippen LogP contribution in [0.15, 0.2) is 52.5 Å². The van der Waals surface area contributed by atoms with Gasteiger partial charge in [0.25, 0.3) is 5.91 Å². The molecule has 0 unspecified atom stereocenters. The predicted octanol–water partition coefficient (Wildman–Crippen LogP) is 2.73. The number of nitrogens with zero attached hydrogens (tertiary/aromatic N) is 1. The Balaban J connectivity index is 1.93. The zero-order valence-corrected chi connectivity index (χ0v) is 17.5. The predicted molar refractivity (Wildman–Crippen MR) is 111 cm³/mol. The minimum atomic E-state index is -0.709. The third-order valence-corrected chi connectivity index (χ3v) is 4.91. The minimum absolute atomic E-state index is 0.277. The van der Waals surface area contributed by atoms with Gasteiger partial charge in [-0.15, -0.1) is 0 Å². The Hall–Kier alpha value is -2.87. The first-order valence-electron chi connectivity index (χ1n) is 9.34. The zero-order chi connectivity index (χ0) is 21.2. The van der Waals surface area contributed by atoms with E-state index >= 15 is 0 Å². The summed E-state index contributed by atoms with van der Waals surface area (Å²) < 4.78 is 5.11. The van der Waals surface area contributed by atoms with Gasteiger partial charge in [0.15, 0.2) is 6.61 Å². The molecule has 2 aromatic rings. The molecule has 0 saturated heterocycles. The molecule has 2 N–H and O–H groups in total. The van der Waals surface area contributed by atoms with Crippen molar-refractivity contribution in [2.24, 2.45) is 0 Å². The first kappa shape index (κ1) is 22.4. The average Bonchev–Trinajstić information content (AvgIpc) is 2.72. The first-order valence-corrected chi connectivity index (χ1v) is 10.2. The lowest BCUT2D eigenvalue weighted by molar-refractivity contribution is -0.130. The van der Waals surface area contributed by atoms with Crippen LogP contribution in [-0.4, -0.2) is 42.0 Å². The number of pyridine rings is 1. The fourth-order valence-corrected chi connectivity index (χ4v) is 3.17. The number of rotatable bonds is 9. The largest absolute Gasteiger partial charge is 0.452 e. The van der Waals surface area contributed by atoms with Crippen LogP contribution in [0.1, 0.15) is 36.2 Å². The third kappa shape index (κ3) is 7.23. The van der Waals surface area contributed by atoms with Crippen molar-refractivity contribution >= 4 is 29.5 Å². The Labute approximate surface area is 174 Å². The highest BCUT2D eigenvalue weighted by molar-refractivity contribution is 7.99. The summed E-state index contributed by atoms with van der Waals surface area (Å²) >= 11 is 1.34. The Morgan fingerprint density at radius 1 is 1.17 bits per heavy atom. The molecule has 0 bridgehead atoms. The van der Waals surface area contributed by atoms with Gasteiger partial charge >= 0.3 is 5.97 Å². The standard InChI is InChI=1S/C21H25N3O4S/c1-4-11-22-19(26)15(3)24-18(25)13-28-21(27)17-6-5-12-23-20(17)29-16-9-7-14(2)8-10-16/h5-10,12,15H,4,11,13H2,1-3H3,(H,22,26)(H,24,25)/t15-/m1/s1. The molecule has 154 valence electrons. The second-order valence-corrected chi connectivity index (χ2v) is 7.49. The molecular weight excluding hydrogens is 390 g/mol. The summed E-state index contributed by atoms with van der Waals surface area (Å²) in [5.41, 5.74) is 1.42. The quantitative estimate of drug-likeness (QED) is 0.611. The van der Waals surface area contributed by atoms with Gasteiger partial charge < -0.3 is 15.4 Å². The van der Waals surface area contributed by atoms with Crippen LogP contribution in [0.3, 0.4) is 0 Å². The number of ether oxygens (including phenoxy) is 1. The fraction of sp³-hybridized carbons (Fsp3) is 0.333. The number of nitrogens with one attached hydrogen (secondary N) is 2. The molecular formula is C21H25N3O4S. The second kappa shape index (κ2) is 11.2. The molecule has 0 spiro atoms. The summed E-state index contributed by atoms with van der Waals surface area (Å²) in [6.07, 6.45) is 2.40. The lowest BCUT2D eigenvalue weighted by Gasteiger charge is -2.14. The number of carbonyl (C=O) groups excluding carboxylic acids is 3. The third-order valence-electron chi connectivity index (χ3n) is 3.88. The summed E-state index contributed by atoms with van der Waals surface area (Å²) in [6, 6.07) is 10.4. The van der Waals surface area contributed by atoms with Crippen LogP contribution in [-0.2, 0) is 14.3 Å². The number of amides is 2. The number of aromatic nitrogens is 1. The van der Waals surface area contributed by atoms with Crippen LogP contribution >= 0.6 is 11.8 Å². The van der Waals surface area contributed by atoms with Crippen molar-refractivity contribution < 1.29 is 19.1 Å². The SMILES string of the molecule is CCCNC(=O)[C@@H](C)NC(=O)COC(=O)c1cccnc1Sc1ccc(C)cc1. The van der Waals surface area contributed by atoms with Crippen LogP contribution < -0.4 is 10.6 Å². The zero-order valence-electron chi connectivity index (χ0n) is 16.7. The molecule has 1 aromatic carbocycles. The van der Waals surface area contributed by atoms with Gasteiger partial charge in [-0.3, -0.25) is 9.59 Å². The molecule has 2 amide bonds. The highest BCUT2D eigenvalue weighted by atomic mass is 32.2. The van der Waals surface area contributed by atoms with E-state index in [4.69, 9.17) is 4.74 Å². The van der Waals surface area contributed by atoms with Gasteiger partial charge in [-0.1, -0.05) is 36.4 Å². The van der Waals surface area contributed by atoms with E-state index < -0.39 is 24.5 Å². The topological polar surface area (TPSA) is 97.4 Å². The average molecular weight is 416 g/mol. The van der Waals surface area contributed by atoms with E-state index in [2.05, 4.69) is 15.6 Å². The van der Waals surface area contributed by atoms with E-state index in [1.807, 2.05) is 38.1 Å². The molecule has 29 heavy (non-hydrogen) atoms. The smallest absolute Gasteiger partial charge is 0.341 e. The van der Waals surface area contributed by atoms with Crippen molar-refractivity contribution in [3.63, 3.8) is 0 Å². The highest BCUT2D eigenvalue weighted by Crippen LogP contribution is 2.29. The molecule has 0 saturated carbocycles. The summed E-state index contributed by atoms with van der Waals surface area (Å²) in [7, 11) is 0. The van der Waals surface area contributed by atoms with E-state index in [0.29, 0.717) is 11.6 Å². The van der Waals surface area contributed by atoms with E-state index in [0.717, 1.165) is 16.9 Å². The fourth-order valence-electron chi connectivity index (χ4n) is 2.30. The molecule has 8 heteroatoms. The normalized spacial score (nSPS) is 11.4. The van der Waals surface area contributed by atoms with Crippen molar-refractivity contribution in [1.29, 1.82) is 0 Å². The van der Waals surface area contributed by atoms with Gasteiger partial charge in [-0.05, 0) is 44.5 Å². The monoisotopic (exact) mass is 415 g/mol. The van der Waals surface area contributed by atoms with Gasteiger partial charge in [-0.2, -0.15) is 0 Å². The number of hydrogen-bond acceptors (Lipinski definition) is 6. The molecule has 7 nitrogen and oxygen atoms in total. The van der Waals surface area contributed by atoms with Gasteiger partial charge in [-0.25, -0.2) is 9.78 Å². The Morgan fingerprint density at radius 2 is 1.90 bits per heavy atom. The van der Waals surface area contributed by atoms with Crippen molar-refractivity contribution in [3.8, 4) is 0 Å². The second-order valence-electron chi connectivity index (χ2n) is 6.43. The van der Waals surface area contributed by atoms with Gasteiger partial charge in [0.1, 0.15) is 11.1 Å². The highest BCUT2D eigenvalue weighted by Gasteiger charge is 2.19. The summed E-state index contributed by atoms with van der Waals surface area (Å²) in [6.45, 7) is 5.57. The number of esters is 1. The molecule has 1 heterocycles. The van der Waals surface area contributed by atoms with Crippen LogP contribution in [0.2, 0.25) is 0 Å². The molecule has 0 fully saturated rings. The maximum Gasteiger partial charge on any atom is 0.341 e. The van der Waals surface area contributed by atoms with Crippen LogP contribution in [0.25, 0.3) is 0 Å². The van der Waals surface area contributed by atoms with Crippen molar-refractivity contribution in [3.05, 3.63) is 53.7 Å². The molecule has 0 aliphatic carbocycles. The van der Waals surface area contributed by atoms with E-state index in [1.165, 1.54) is 11.8 Å². The first-order chi connectivity index (χ1) is 13.9.